The van der Waals surface area contributed by atoms with Crippen LogP contribution in [0, 0.1) is 6.92 Å². The molecule has 18 heavy (non-hydrogen) atoms. The minimum absolute atomic E-state index is 0.557. The van der Waals surface area contributed by atoms with Crippen LogP contribution < -0.4 is 5.73 Å². The first-order chi connectivity index (χ1) is 8.79. The van der Waals surface area contributed by atoms with E-state index < -0.39 is 0 Å². The summed E-state index contributed by atoms with van der Waals surface area (Å²) >= 11 is 0. The van der Waals surface area contributed by atoms with E-state index in [0.717, 1.165) is 28.2 Å². The van der Waals surface area contributed by atoms with Crippen molar-refractivity contribution in [3.05, 3.63) is 59.9 Å². The summed E-state index contributed by atoms with van der Waals surface area (Å²) < 4.78 is 2.11. The number of nitrogens with two attached hydrogens (primary N) is 1. The monoisotopic (exact) mass is 237 g/mol. The highest BCUT2D eigenvalue weighted by molar-refractivity contribution is 5.65. The highest BCUT2D eigenvalue weighted by Crippen LogP contribution is 2.22. The second kappa shape index (κ2) is 4.27. The Hall–Kier alpha value is -2.13. The molecule has 2 aromatic heterocycles. The van der Waals surface area contributed by atoms with Crippen LogP contribution in [-0.4, -0.2) is 9.38 Å². The Bertz CT molecular complexity index is 684. The molecule has 0 bridgehead atoms. The third kappa shape index (κ3) is 1.69. The van der Waals surface area contributed by atoms with Crippen LogP contribution in [0.2, 0.25) is 0 Å². The van der Waals surface area contributed by atoms with Gasteiger partial charge in [0, 0.05) is 18.3 Å². The SMILES string of the molecule is Cc1nc(-c2ccccc2)n2ccc(CN)cc12. The van der Waals surface area contributed by atoms with Crippen LogP contribution in [0.5, 0.6) is 0 Å². The van der Waals surface area contributed by atoms with Gasteiger partial charge in [-0.05, 0) is 24.6 Å². The zero-order chi connectivity index (χ0) is 12.5. The van der Waals surface area contributed by atoms with Gasteiger partial charge >= 0.3 is 0 Å². The van der Waals surface area contributed by atoms with Crippen LogP contribution in [0.25, 0.3) is 16.9 Å². The molecule has 90 valence electrons. The number of benzene rings is 1. The van der Waals surface area contributed by atoms with Crippen molar-refractivity contribution in [1.82, 2.24) is 9.38 Å². The predicted molar refractivity (Wildman–Crippen MR) is 73.3 cm³/mol. The number of fused-ring (bicyclic) bond motifs is 1. The molecule has 1 aromatic carbocycles. The van der Waals surface area contributed by atoms with Gasteiger partial charge in [-0.25, -0.2) is 4.98 Å². The molecule has 3 rings (SSSR count). The summed E-state index contributed by atoms with van der Waals surface area (Å²) in [6, 6.07) is 14.4. The van der Waals surface area contributed by atoms with Gasteiger partial charge in [0.2, 0.25) is 0 Å². The lowest BCUT2D eigenvalue weighted by molar-refractivity contribution is 1.05. The molecule has 2 N–H and O–H groups in total. The van der Waals surface area contributed by atoms with E-state index in [0.29, 0.717) is 6.54 Å². The van der Waals surface area contributed by atoms with Crippen molar-refractivity contribution < 1.29 is 0 Å². The third-order valence-electron chi connectivity index (χ3n) is 3.16. The van der Waals surface area contributed by atoms with Gasteiger partial charge < -0.3 is 5.73 Å². The van der Waals surface area contributed by atoms with Gasteiger partial charge in [0.1, 0.15) is 5.82 Å². The van der Waals surface area contributed by atoms with Crippen molar-refractivity contribution in [2.24, 2.45) is 5.73 Å². The quantitative estimate of drug-likeness (QED) is 0.744. The van der Waals surface area contributed by atoms with E-state index in [1.165, 1.54) is 0 Å². The number of rotatable bonds is 2. The fourth-order valence-electron chi connectivity index (χ4n) is 2.20. The molecule has 3 nitrogen and oxygen atoms in total. The van der Waals surface area contributed by atoms with Crippen molar-refractivity contribution in [1.29, 1.82) is 0 Å². The van der Waals surface area contributed by atoms with E-state index in [9.17, 15) is 0 Å². The Morgan fingerprint density at radius 1 is 1.17 bits per heavy atom. The van der Waals surface area contributed by atoms with E-state index >= 15 is 0 Å². The molecule has 0 aliphatic heterocycles. The topological polar surface area (TPSA) is 43.3 Å². The lowest BCUT2D eigenvalue weighted by Gasteiger charge is -2.03. The van der Waals surface area contributed by atoms with Crippen LogP contribution in [0.15, 0.2) is 48.7 Å². The molecule has 0 aliphatic rings. The lowest BCUT2D eigenvalue weighted by atomic mass is 10.2. The number of hydrogen-bond donors (Lipinski definition) is 1. The summed E-state index contributed by atoms with van der Waals surface area (Å²) in [4.78, 5) is 4.66. The maximum absolute atomic E-state index is 5.68. The van der Waals surface area contributed by atoms with E-state index in [1.807, 2.05) is 37.4 Å². The van der Waals surface area contributed by atoms with E-state index in [2.05, 4.69) is 27.6 Å². The molecule has 0 saturated heterocycles. The summed E-state index contributed by atoms with van der Waals surface area (Å²) in [6.07, 6.45) is 2.04. The number of imidazole rings is 1. The van der Waals surface area contributed by atoms with Crippen molar-refractivity contribution >= 4 is 5.52 Å². The van der Waals surface area contributed by atoms with E-state index in [4.69, 9.17) is 5.73 Å². The summed E-state index contributed by atoms with van der Waals surface area (Å²) in [6.45, 7) is 2.59. The highest BCUT2D eigenvalue weighted by atomic mass is 15.0. The Kier molecular flexibility index (Phi) is 2.61. The fraction of sp³-hybridized carbons (Fsp3) is 0.133. The largest absolute Gasteiger partial charge is 0.326 e. The number of aromatic nitrogens is 2. The summed E-state index contributed by atoms with van der Waals surface area (Å²) in [5.41, 5.74) is 10.1. The molecule has 2 heterocycles. The van der Waals surface area contributed by atoms with Gasteiger partial charge in [0.05, 0.1) is 11.2 Å². The number of aryl methyl sites for hydroxylation is 1. The first-order valence-electron chi connectivity index (χ1n) is 6.02. The number of pyridine rings is 1. The molecular weight excluding hydrogens is 222 g/mol. The van der Waals surface area contributed by atoms with Crippen molar-refractivity contribution in [2.45, 2.75) is 13.5 Å². The minimum atomic E-state index is 0.557. The molecule has 3 aromatic rings. The number of hydrogen-bond acceptors (Lipinski definition) is 2. The first kappa shape index (κ1) is 11.0. The average Bonchev–Trinajstić information content (AvgIpc) is 2.77. The van der Waals surface area contributed by atoms with Gasteiger partial charge in [-0.2, -0.15) is 0 Å². The zero-order valence-electron chi connectivity index (χ0n) is 10.3. The molecule has 0 amide bonds. The van der Waals surface area contributed by atoms with Crippen molar-refractivity contribution in [3.8, 4) is 11.4 Å². The van der Waals surface area contributed by atoms with Crippen LogP contribution in [0.3, 0.4) is 0 Å². The van der Waals surface area contributed by atoms with Gasteiger partial charge in [0.25, 0.3) is 0 Å². The van der Waals surface area contributed by atoms with Gasteiger partial charge in [-0.1, -0.05) is 30.3 Å². The molecule has 0 unspecified atom stereocenters. The van der Waals surface area contributed by atoms with Crippen LogP contribution in [0.4, 0.5) is 0 Å². The summed E-state index contributed by atoms with van der Waals surface area (Å²) in [5.74, 6) is 0.978. The molecule has 0 spiro atoms. The second-order valence-corrected chi connectivity index (χ2v) is 4.38. The van der Waals surface area contributed by atoms with Crippen LogP contribution in [-0.2, 0) is 6.54 Å². The summed E-state index contributed by atoms with van der Waals surface area (Å²) in [7, 11) is 0. The lowest BCUT2D eigenvalue weighted by Crippen LogP contribution is -1.97. The standard InChI is InChI=1S/C15H15N3/c1-11-14-9-12(10-16)7-8-18(14)15(17-11)13-5-3-2-4-6-13/h2-9H,10,16H2,1H3. The highest BCUT2D eigenvalue weighted by Gasteiger charge is 2.09. The Morgan fingerprint density at radius 2 is 1.94 bits per heavy atom. The average molecular weight is 237 g/mol. The predicted octanol–water partition coefficient (Wildman–Crippen LogP) is 2.77. The first-order valence-corrected chi connectivity index (χ1v) is 6.02. The van der Waals surface area contributed by atoms with E-state index in [-0.39, 0.29) is 0 Å². The number of nitrogens with zero attached hydrogens (tertiary/aromatic N) is 2. The third-order valence-corrected chi connectivity index (χ3v) is 3.16. The summed E-state index contributed by atoms with van der Waals surface area (Å²) in [5, 5.41) is 0. The maximum atomic E-state index is 5.68. The Labute approximate surface area is 106 Å². The van der Waals surface area contributed by atoms with E-state index in [1.54, 1.807) is 0 Å². The second-order valence-electron chi connectivity index (χ2n) is 4.38. The molecule has 0 atom stereocenters. The maximum Gasteiger partial charge on any atom is 0.144 e. The fourth-order valence-corrected chi connectivity index (χ4v) is 2.20. The Morgan fingerprint density at radius 3 is 2.67 bits per heavy atom. The minimum Gasteiger partial charge on any atom is -0.326 e. The van der Waals surface area contributed by atoms with Gasteiger partial charge in [-0.15, -0.1) is 0 Å². The molecule has 0 radical (unpaired) electrons. The molecule has 0 fully saturated rings. The van der Waals surface area contributed by atoms with Gasteiger partial charge in [0.15, 0.2) is 0 Å². The molecule has 0 saturated carbocycles. The zero-order valence-corrected chi connectivity index (χ0v) is 10.3. The normalized spacial score (nSPS) is 11.0. The Balaban J connectivity index is 2.26. The van der Waals surface area contributed by atoms with Crippen LogP contribution >= 0.6 is 0 Å². The molecular formula is C15H15N3. The van der Waals surface area contributed by atoms with Crippen LogP contribution in [0.1, 0.15) is 11.3 Å². The van der Waals surface area contributed by atoms with Crippen molar-refractivity contribution in [3.63, 3.8) is 0 Å². The van der Waals surface area contributed by atoms with Gasteiger partial charge in [-0.3, -0.25) is 4.40 Å². The molecule has 0 aliphatic carbocycles. The molecule has 3 heteroatoms. The van der Waals surface area contributed by atoms with Crippen molar-refractivity contribution in [2.75, 3.05) is 0 Å². The smallest absolute Gasteiger partial charge is 0.144 e.